The van der Waals surface area contributed by atoms with Gasteiger partial charge in [0, 0.05) is 30.3 Å². The van der Waals surface area contributed by atoms with E-state index in [0.717, 1.165) is 30.0 Å². The van der Waals surface area contributed by atoms with Crippen LogP contribution in [-0.2, 0) is 12.7 Å². The number of carbonyl (C=O) groups excluding carboxylic acids is 1. The highest BCUT2D eigenvalue weighted by Gasteiger charge is 2.37. The second-order valence-electron chi connectivity index (χ2n) is 6.88. The topological polar surface area (TPSA) is 46.9 Å². The van der Waals surface area contributed by atoms with Gasteiger partial charge in [-0.15, -0.1) is 0 Å². The number of halogens is 3. The number of carbonyl (C=O) groups is 1. The number of rotatable bonds is 6. The Labute approximate surface area is 150 Å². The Morgan fingerprint density at radius 1 is 1.27 bits per heavy atom. The minimum absolute atomic E-state index is 0.165. The summed E-state index contributed by atoms with van der Waals surface area (Å²) in [6, 6.07) is 6.77. The molecule has 0 bridgehead atoms. The number of amides is 1. The SMILES string of the molecule is Cc1ccc(C(=O)NCCCn2nc(C(F)(F)F)cc2C2CC2)c(C)c1. The Bertz CT molecular complexity index is 807. The van der Waals surface area contributed by atoms with Gasteiger partial charge in [-0.25, -0.2) is 0 Å². The second kappa shape index (κ2) is 7.13. The predicted octanol–water partition coefficient (Wildman–Crippen LogP) is 4.22. The number of nitrogens with zero attached hydrogens (tertiary/aromatic N) is 2. The molecule has 0 atom stereocenters. The standard InChI is InChI=1S/C19H22F3N3O/c1-12-4-7-15(13(2)10-12)18(26)23-8-3-9-25-16(14-5-6-14)11-17(24-25)19(20,21)22/h4,7,10-11,14H,3,5-6,8-9H2,1-2H3,(H,23,26). The lowest BCUT2D eigenvalue weighted by atomic mass is 10.1. The van der Waals surface area contributed by atoms with Gasteiger partial charge in [0.1, 0.15) is 0 Å². The van der Waals surface area contributed by atoms with E-state index in [1.165, 1.54) is 4.68 Å². The molecular weight excluding hydrogens is 343 g/mol. The number of hydrogen-bond acceptors (Lipinski definition) is 2. The summed E-state index contributed by atoms with van der Waals surface area (Å²) in [4.78, 5) is 12.2. The van der Waals surface area contributed by atoms with Crippen molar-refractivity contribution in [3.8, 4) is 0 Å². The van der Waals surface area contributed by atoms with E-state index in [4.69, 9.17) is 0 Å². The fraction of sp³-hybridized carbons (Fsp3) is 0.474. The largest absolute Gasteiger partial charge is 0.435 e. The maximum absolute atomic E-state index is 12.9. The highest BCUT2D eigenvalue weighted by atomic mass is 19.4. The molecule has 1 N–H and O–H groups in total. The third-order valence-corrected chi connectivity index (χ3v) is 4.56. The number of aryl methyl sites for hydroxylation is 3. The Morgan fingerprint density at radius 2 is 2.00 bits per heavy atom. The van der Waals surface area contributed by atoms with Gasteiger partial charge >= 0.3 is 6.18 Å². The third-order valence-electron chi connectivity index (χ3n) is 4.56. The summed E-state index contributed by atoms with van der Waals surface area (Å²) in [6.07, 6.45) is -2.08. The predicted molar refractivity (Wildman–Crippen MR) is 92.1 cm³/mol. The number of hydrogen-bond donors (Lipinski definition) is 1. The van der Waals surface area contributed by atoms with Gasteiger partial charge in [-0.2, -0.15) is 18.3 Å². The molecule has 1 heterocycles. The Hall–Kier alpha value is -2.31. The van der Waals surface area contributed by atoms with Gasteiger partial charge in [-0.05, 0) is 50.8 Å². The third kappa shape index (κ3) is 4.26. The molecule has 0 saturated heterocycles. The van der Waals surface area contributed by atoms with E-state index in [0.29, 0.717) is 30.8 Å². The van der Waals surface area contributed by atoms with Crippen LogP contribution in [0.15, 0.2) is 24.3 Å². The maximum atomic E-state index is 12.9. The van der Waals surface area contributed by atoms with Gasteiger partial charge in [0.15, 0.2) is 5.69 Å². The molecule has 26 heavy (non-hydrogen) atoms. The van der Waals surface area contributed by atoms with Crippen molar-refractivity contribution in [1.82, 2.24) is 15.1 Å². The molecule has 1 saturated carbocycles. The van der Waals surface area contributed by atoms with Crippen LogP contribution in [0.4, 0.5) is 13.2 Å². The summed E-state index contributed by atoms with van der Waals surface area (Å²) in [5.41, 5.74) is 2.43. The summed E-state index contributed by atoms with van der Waals surface area (Å²) >= 11 is 0. The van der Waals surface area contributed by atoms with E-state index in [9.17, 15) is 18.0 Å². The average Bonchev–Trinajstić information content (AvgIpc) is 3.30. The number of benzene rings is 1. The van der Waals surface area contributed by atoms with E-state index < -0.39 is 11.9 Å². The van der Waals surface area contributed by atoms with E-state index in [1.807, 2.05) is 26.0 Å². The molecule has 0 spiro atoms. The molecule has 1 aliphatic carbocycles. The van der Waals surface area contributed by atoms with Crippen molar-refractivity contribution in [2.75, 3.05) is 6.54 Å². The van der Waals surface area contributed by atoms with Crippen LogP contribution in [0.5, 0.6) is 0 Å². The summed E-state index contributed by atoms with van der Waals surface area (Å²) in [6.45, 7) is 4.59. The van der Waals surface area contributed by atoms with Crippen LogP contribution in [-0.4, -0.2) is 22.2 Å². The molecule has 3 rings (SSSR count). The van der Waals surface area contributed by atoms with Crippen molar-refractivity contribution < 1.29 is 18.0 Å². The van der Waals surface area contributed by atoms with Crippen molar-refractivity contribution in [3.63, 3.8) is 0 Å². The van der Waals surface area contributed by atoms with E-state index >= 15 is 0 Å². The molecule has 1 fully saturated rings. The van der Waals surface area contributed by atoms with E-state index in [2.05, 4.69) is 10.4 Å². The second-order valence-corrected chi connectivity index (χ2v) is 6.88. The van der Waals surface area contributed by atoms with Crippen LogP contribution in [0, 0.1) is 13.8 Å². The summed E-state index contributed by atoms with van der Waals surface area (Å²) < 4.78 is 40.1. The number of aromatic nitrogens is 2. The molecular formula is C19H22F3N3O. The molecule has 140 valence electrons. The Kier molecular flexibility index (Phi) is 5.07. The highest BCUT2D eigenvalue weighted by molar-refractivity contribution is 5.95. The lowest BCUT2D eigenvalue weighted by molar-refractivity contribution is -0.141. The molecule has 1 aliphatic rings. The molecule has 1 aromatic carbocycles. The molecule has 2 aromatic rings. The first-order valence-corrected chi connectivity index (χ1v) is 8.76. The van der Waals surface area contributed by atoms with Gasteiger partial charge in [-0.3, -0.25) is 9.48 Å². The zero-order valence-corrected chi connectivity index (χ0v) is 14.9. The molecule has 4 nitrogen and oxygen atoms in total. The zero-order valence-electron chi connectivity index (χ0n) is 14.9. The van der Waals surface area contributed by atoms with Crippen LogP contribution >= 0.6 is 0 Å². The van der Waals surface area contributed by atoms with Crippen LogP contribution < -0.4 is 5.32 Å². The van der Waals surface area contributed by atoms with Gasteiger partial charge in [-0.1, -0.05) is 17.7 Å². The monoisotopic (exact) mass is 365 g/mol. The summed E-state index contributed by atoms with van der Waals surface area (Å²) in [5, 5.41) is 6.55. The van der Waals surface area contributed by atoms with E-state index in [1.54, 1.807) is 6.07 Å². The van der Waals surface area contributed by atoms with Crippen LogP contribution in [0.2, 0.25) is 0 Å². The minimum Gasteiger partial charge on any atom is -0.352 e. The smallest absolute Gasteiger partial charge is 0.352 e. The molecule has 0 unspecified atom stereocenters. The normalized spacial score (nSPS) is 14.5. The summed E-state index contributed by atoms with van der Waals surface area (Å²) in [5.74, 6) is 0.0183. The van der Waals surface area contributed by atoms with Gasteiger partial charge in [0.25, 0.3) is 5.91 Å². The van der Waals surface area contributed by atoms with Gasteiger partial charge in [0.05, 0.1) is 0 Å². The zero-order chi connectivity index (χ0) is 18.9. The van der Waals surface area contributed by atoms with Crippen LogP contribution in [0.1, 0.15) is 58.1 Å². The van der Waals surface area contributed by atoms with Crippen LogP contribution in [0.3, 0.4) is 0 Å². The first-order valence-electron chi connectivity index (χ1n) is 8.76. The lowest BCUT2D eigenvalue weighted by Gasteiger charge is -2.10. The van der Waals surface area contributed by atoms with Gasteiger partial charge in [0.2, 0.25) is 0 Å². The molecule has 0 radical (unpaired) electrons. The fourth-order valence-corrected chi connectivity index (χ4v) is 3.05. The number of alkyl halides is 3. The van der Waals surface area contributed by atoms with E-state index in [-0.39, 0.29) is 11.8 Å². The Balaban J connectivity index is 1.56. The van der Waals surface area contributed by atoms with Gasteiger partial charge < -0.3 is 5.32 Å². The van der Waals surface area contributed by atoms with Crippen LogP contribution in [0.25, 0.3) is 0 Å². The Morgan fingerprint density at radius 3 is 2.62 bits per heavy atom. The fourth-order valence-electron chi connectivity index (χ4n) is 3.05. The number of nitrogens with one attached hydrogen (secondary N) is 1. The lowest BCUT2D eigenvalue weighted by Crippen LogP contribution is -2.26. The average molecular weight is 365 g/mol. The molecule has 1 aromatic heterocycles. The van der Waals surface area contributed by atoms with Crippen molar-refractivity contribution in [1.29, 1.82) is 0 Å². The minimum atomic E-state index is -4.42. The molecule has 0 aliphatic heterocycles. The van der Waals surface area contributed by atoms with Crippen molar-refractivity contribution >= 4 is 5.91 Å². The quantitative estimate of drug-likeness (QED) is 0.780. The maximum Gasteiger partial charge on any atom is 0.435 e. The summed E-state index contributed by atoms with van der Waals surface area (Å²) in [7, 11) is 0. The van der Waals surface area contributed by atoms with Crippen molar-refractivity contribution in [2.45, 2.75) is 51.7 Å². The highest BCUT2D eigenvalue weighted by Crippen LogP contribution is 2.42. The first kappa shape index (κ1) is 18.5. The first-order chi connectivity index (χ1) is 12.3. The van der Waals surface area contributed by atoms with Crippen molar-refractivity contribution in [3.05, 3.63) is 52.3 Å². The van der Waals surface area contributed by atoms with Crippen molar-refractivity contribution in [2.24, 2.45) is 0 Å². The molecule has 7 heteroatoms. The molecule has 1 amide bonds.